The fourth-order valence-electron chi connectivity index (χ4n) is 2.87. The van der Waals surface area contributed by atoms with Crippen molar-refractivity contribution in [3.63, 3.8) is 0 Å². The predicted molar refractivity (Wildman–Crippen MR) is 100 cm³/mol. The lowest BCUT2D eigenvalue weighted by molar-refractivity contribution is 0.0782. The van der Waals surface area contributed by atoms with E-state index in [1.165, 1.54) is 11.1 Å². The van der Waals surface area contributed by atoms with Crippen molar-refractivity contribution in [1.29, 1.82) is 0 Å². The molecule has 0 atom stereocenters. The number of benzene rings is 1. The van der Waals surface area contributed by atoms with Gasteiger partial charge in [0.2, 0.25) is 0 Å². The Morgan fingerprint density at radius 2 is 2.00 bits per heavy atom. The Morgan fingerprint density at radius 3 is 2.65 bits per heavy atom. The van der Waals surface area contributed by atoms with Gasteiger partial charge in [0.1, 0.15) is 0 Å². The van der Waals surface area contributed by atoms with Crippen molar-refractivity contribution in [3.8, 4) is 0 Å². The molecular weight excluding hydrogens is 306 g/mol. The molecular formula is C18H29N3OS. The lowest BCUT2D eigenvalue weighted by atomic mass is 9.99. The first kappa shape index (κ1) is 18.1. The quantitative estimate of drug-likeness (QED) is 0.620. The molecule has 0 spiro atoms. The van der Waals surface area contributed by atoms with Crippen LogP contribution >= 0.6 is 11.8 Å². The smallest absolute Gasteiger partial charge is 0.191 e. The molecule has 0 saturated carbocycles. The fraction of sp³-hybridized carbons (Fsp3) is 0.611. The number of nitrogens with zero attached hydrogens (tertiary/aromatic N) is 1. The summed E-state index contributed by atoms with van der Waals surface area (Å²) in [6.07, 6.45) is 2.21. The van der Waals surface area contributed by atoms with E-state index in [1.54, 1.807) is 0 Å². The topological polar surface area (TPSA) is 45.7 Å². The second-order valence-corrected chi connectivity index (χ2v) is 7.67. The van der Waals surface area contributed by atoms with Crippen molar-refractivity contribution in [1.82, 2.24) is 10.6 Å². The zero-order valence-electron chi connectivity index (χ0n) is 14.5. The van der Waals surface area contributed by atoms with E-state index in [2.05, 4.69) is 53.7 Å². The van der Waals surface area contributed by atoms with Crippen molar-refractivity contribution < 1.29 is 4.74 Å². The van der Waals surface area contributed by atoms with Gasteiger partial charge in [-0.1, -0.05) is 31.2 Å². The standard InChI is InChI=1S/C18H29N3OS/c1-4-23-18(9-11-22-12-10-18)14-21-17(19-3)20-13-16-8-6-5-7-15(16)2/h5-8H,4,9-14H2,1-3H3,(H2,19,20,21). The Labute approximate surface area is 144 Å². The lowest BCUT2D eigenvalue weighted by Crippen LogP contribution is -2.48. The minimum atomic E-state index is 0.271. The molecule has 1 aliphatic rings. The van der Waals surface area contributed by atoms with Crippen molar-refractivity contribution in [2.45, 2.75) is 38.0 Å². The van der Waals surface area contributed by atoms with Gasteiger partial charge in [0.05, 0.1) is 0 Å². The first-order valence-electron chi connectivity index (χ1n) is 8.40. The van der Waals surface area contributed by atoms with Gasteiger partial charge < -0.3 is 15.4 Å². The number of nitrogens with one attached hydrogen (secondary N) is 2. The van der Waals surface area contributed by atoms with Gasteiger partial charge >= 0.3 is 0 Å². The van der Waals surface area contributed by atoms with Gasteiger partial charge in [0.25, 0.3) is 0 Å². The SMILES string of the molecule is CCSC1(CNC(=NC)NCc2ccccc2C)CCOCC1. The van der Waals surface area contributed by atoms with Gasteiger partial charge in [-0.25, -0.2) is 0 Å². The number of thioether (sulfide) groups is 1. The minimum absolute atomic E-state index is 0.271. The number of aryl methyl sites for hydroxylation is 1. The molecule has 4 nitrogen and oxygen atoms in total. The molecule has 5 heteroatoms. The van der Waals surface area contributed by atoms with Gasteiger partial charge in [-0.3, -0.25) is 4.99 Å². The monoisotopic (exact) mass is 335 g/mol. The third-order valence-corrected chi connectivity index (χ3v) is 5.82. The number of hydrogen-bond acceptors (Lipinski definition) is 3. The Hall–Kier alpha value is -1.20. The van der Waals surface area contributed by atoms with E-state index in [-0.39, 0.29) is 4.75 Å². The zero-order valence-corrected chi connectivity index (χ0v) is 15.3. The maximum atomic E-state index is 5.54. The number of rotatable bonds is 6. The van der Waals surface area contributed by atoms with Crippen LogP contribution in [0.25, 0.3) is 0 Å². The summed E-state index contributed by atoms with van der Waals surface area (Å²) >= 11 is 2.04. The van der Waals surface area contributed by atoms with E-state index in [4.69, 9.17) is 4.74 Å². The summed E-state index contributed by atoms with van der Waals surface area (Å²) in [5.41, 5.74) is 2.61. The van der Waals surface area contributed by atoms with E-state index in [1.807, 2.05) is 18.8 Å². The average Bonchev–Trinajstić information content (AvgIpc) is 2.57. The lowest BCUT2D eigenvalue weighted by Gasteiger charge is -2.37. The molecule has 1 heterocycles. The molecule has 1 aromatic carbocycles. The molecule has 0 bridgehead atoms. The largest absolute Gasteiger partial charge is 0.381 e. The van der Waals surface area contributed by atoms with E-state index in [0.717, 1.165) is 50.9 Å². The van der Waals surface area contributed by atoms with Gasteiger partial charge in [-0.2, -0.15) is 11.8 Å². The molecule has 128 valence electrons. The van der Waals surface area contributed by atoms with Crippen LogP contribution < -0.4 is 10.6 Å². The number of ether oxygens (including phenoxy) is 1. The van der Waals surface area contributed by atoms with E-state index in [9.17, 15) is 0 Å². The van der Waals surface area contributed by atoms with Crippen LogP contribution in [0.2, 0.25) is 0 Å². The highest BCUT2D eigenvalue weighted by molar-refractivity contribution is 8.00. The molecule has 0 aliphatic carbocycles. The summed E-state index contributed by atoms with van der Waals surface area (Å²) in [6, 6.07) is 8.45. The Kier molecular flexibility index (Phi) is 7.24. The summed E-state index contributed by atoms with van der Waals surface area (Å²) in [4.78, 5) is 4.36. The second-order valence-electron chi connectivity index (χ2n) is 5.93. The summed E-state index contributed by atoms with van der Waals surface area (Å²) in [6.45, 7) is 7.83. The third kappa shape index (κ3) is 5.43. The van der Waals surface area contributed by atoms with Crippen LogP contribution in [0, 0.1) is 6.92 Å². The highest BCUT2D eigenvalue weighted by Crippen LogP contribution is 2.34. The maximum Gasteiger partial charge on any atom is 0.191 e. The van der Waals surface area contributed by atoms with Crippen LogP contribution in [-0.2, 0) is 11.3 Å². The van der Waals surface area contributed by atoms with Crippen LogP contribution in [0.15, 0.2) is 29.3 Å². The molecule has 1 saturated heterocycles. The van der Waals surface area contributed by atoms with Crippen LogP contribution in [0.5, 0.6) is 0 Å². The van der Waals surface area contributed by atoms with Crippen LogP contribution in [0.1, 0.15) is 30.9 Å². The Bertz CT molecular complexity index is 507. The van der Waals surface area contributed by atoms with E-state index >= 15 is 0 Å². The van der Waals surface area contributed by atoms with Gasteiger partial charge in [0, 0.05) is 38.1 Å². The molecule has 1 aliphatic heterocycles. The third-order valence-electron chi connectivity index (χ3n) is 4.36. The van der Waals surface area contributed by atoms with Crippen molar-refractivity contribution in [2.75, 3.05) is 32.6 Å². The Morgan fingerprint density at radius 1 is 1.26 bits per heavy atom. The van der Waals surface area contributed by atoms with E-state index in [0.29, 0.717) is 0 Å². The van der Waals surface area contributed by atoms with Crippen molar-refractivity contribution in [2.24, 2.45) is 4.99 Å². The zero-order chi connectivity index (χ0) is 16.5. The molecule has 1 fully saturated rings. The minimum Gasteiger partial charge on any atom is -0.381 e. The first-order valence-corrected chi connectivity index (χ1v) is 9.38. The van der Waals surface area contributed by atoms with Gasteiger partial charge in [-0.05, 0) is 36.6 Å². The molecule has 2 N–H and O–H groups in total. The first-order chi connectivity index (χ1) is 11.2. The number of guanidine groups is 1. The molecule has 1 aromatic rings. The average molecular weight is 336 g/mol. The molecule has 2 rings (SSSR count). The van der Waals surface area contributed by atoms with Crippen LogP contribution in [0.4, 0.5) is 0 Å². The highest BCUT2D eigenvalue weighted by atomic mass is 32.2. The van der Waals surface area contributed by atoms with Gasteiger partial charge in [-0.15, -0.1) is 0 Å². The summed E-state index contributed by atoms with van der Waals surface area (Å²) in [5.74, 6) is 2.01. The van der Waals surface area contributed by atoms with Gasteiger partial charge in [0.15, 0.2) is 5.96 Å². The highest BCUT2D eigenvalue weighted by Gasteiger charge is 2.32. The summed E-state index contributed by atoms with van der Waals surface area (Å²) in [7, 11) is 1.83. The maximum absolute atomic E-state index is 5.54. The van der Waals surface area contributed by atoms with Crippen molar-refractivity contribution >= 4 is 17.7 Å². The van der Waals surface area contributed by atoms with Crippen LogP contribution in [-0.4, -0.2) is 43.3 Å². The predicted octanol–water partition coefficient (Wildman–Crippen LogP) is 2.96. The molecule has 0 amide bonds. The molecule has 0 unspecified atom stereocenters. The van der Waals surface area contributed by atoms with E-state index < -0.39 is 0 Å². The molecule has 23 heavy (non-hydrogen) atoms. The van der Waals surface area contributed by atoms with Crippen molar-refractivity contribution in [3.05, 3.63) is 35.4 Å². The number of hydrogen-bond donors (Lipinski definition) is 2. The summed E-state index contributed by atoms with van der Waals surface area (Å²) in [5, 5.41) is 6.94. The van der Waals surface area contributed by atoms with Crippen LogP contribution in [0.3, 0.4) is 0 Å². The fourth-order valence-corrected chi connectivity index (χ4v) is 4.12. The molecule has 0 radical (unpaired) electrons. The molecule has 0 aromatic heterocycles. The number of aliphatic imine (C=N–C) groups is 1. The normalized spacial score (nSPS) is 17.8. The second kappa shape index (κ2) is 9.18. The summed E-state index contributed by atoms with van der Waals surface area (Å²) < 4.78 is 5.81. The Balaban J connectivity index is 1.88.